The van der Waals surface area contributed by atoms with Gasteiger partial charge in [0.1, 0.15) is 0 Å². The molecule has 0 nitrogen and oxygen atoms in total. The van der Waals surface area contributed by atoms with E-state index in [0.717, 1.165) is 41.6 Å². The number of fused-ring (bicyclic) bond motifs is 3. The van der Waals surface area contributed by atoms with Crippen LogP contribution in [0.25, 0.3) is 34.4 Å². The van der Waals surface area contributed by atoms with E-state index in [9.17, 15) is 0 Å². The van der Waals surface area contributed by atoms with Crippen molar-refractivity contribution >= 4 is 12.2 Å². The van der Waals surface area contributed by atoms with Crippen molar-refractivity contribution in [2.24, 2.45) is 11.8 Å². The van der Waals surface area contributed by atoms with Gasteiger partial charge >= 0.3 is 313 Å². The molecule has 0 N–H and O–H groups in total. The largest absolute Gasteiger partial charge is 1.00 e. The summed E-state index contributed by atoms with van der Waals surface area (Å²) in [5, 5.41) is 0. The minimum absolute atomic E-state index is 0. The molecule has 0 radical (unpaired) electrons. The van der Waals surface area contributed by atoms with Gasteiger partial charge in [-0.05, 0) is 0 Å². The van der Waals surface area contributed by atoms with Crippen molar-refractivity contribution in [3.05, 3.63) is 129 Å². The number of aryl methyl sites for hydroxylation is 2. The Morgan fingerprint density at radius 3 is 1.23 bits per heavy atom. The van der Waals surface area contributed by atoms with Gasteiger partial charge in [-0.1, -0.05) is 0 Å². The number of rotatable bonds is 8. The molecule has 4 unspecified atom stereocenters. The summed E-state index contributed by atoms with van der Waals surface area (Å²) in [6, 6.07) is 34.3. The molecule has 3 saturated carbocycles. The molecule has 6 aliphatic rings. The van der Waals surface area contributed by atoms with Crippen molar-refractivity contribution in [1.29, 1.82) is 0 Å². The van der Waals surface area contributed by atoms with Gasteiger partial charge in [-0.3, -0.25) is 0 Å². The monoisotopic (exact) mass is 774 g/mol. The molecule has 1 saturated heterocycles. The molecule has 0 aromatic heterocycles. The van der Waals surface area contributed by atoms with Crippen LogP contribution in [0, 0.1) is 11.8 Å². The Bertz CT molecular complexity index is 1860. The van der Waals surface area contributed by atoms with Crippen molar-refractivity contribution in [3.63, 3.8) is 0 Å². The first kappa shape index (κ1) is 37.6. The molecule has 5 aliphatic carbocycles. The molecule has 4 fully saturated rings. The molecule has 10 rings (SSSR count). The van der Waals surface area contributed by atoms with Crippen molar-refractivity contribution < 1.29 is 41.4 Å². The number of benzene rings is 4. The maximum absolute atomic E-state index is 2.83. The van der Waals surface area contributed by atoms with E-state index in [1.54, 1.807) is 22.3 Å². The van der Waals surface area contributed by atoms with Crippen LogP contribution in [0.5, 0.6) is 0 Å². The molecule has 1 aliphatic heterocycles. The first-order valence-corrected chi connectivity index (χ1v) is 24.7. The van der Waals surface area contributed by atoms with Crippen molar-refractivity contribution in [3.8, 4) is 22.3 Å². The van der Waals surface area contributed by atoms with E-state index in [2.05, 4.69) is 111 Å². The summed E-state index contributed by atoms with van der Waals surface area (Å²) in [5.74, 6) is 1.57. The third-order valence-corrected chi connectivity index (χ3v) is 25.8. The predicted octanol–water partition coefficient (Wildman–Crippen LogP) is 8.43. The fraction of sp³-hybridized carbons (Fsp3) is 0.440. The van der Waals surface area contributed by atoms with Crippen molar-refractivity contribution in [2.45, 2.75) is 121 Å². The van der Waals surface area contributed by atoms with Gasteiger partial charge in [-0.15, -0.1) is 0 Å². The van der Waals surface area contributed by atoms with Crippen LogP contribution >= 0.6 is 0 Å². The number of hydrogen-bond donors (Lipinski definition) is 0. The van der Waals surface area contributed by atoms with Crippen LogP contribution in [0.1, 0.15) is 133 Å². The molecule has 274 valence electrons. The average molecular weight is 776 g/mol. The number of allylic oxidation sites excluding steroid dienone is 2. The van der Waals surface area contributed by atoms with Gasteiger partial charge in [-0.25, -0.2) is 0 Å². The van der Waals surface area contributed by atoms with Gasteiger partial charge in [-0.2, -0.15) is 0 Å². The zero-order valence-corrected chi connectivity index (χ0v) is 34.9. The van der Waals surface area contributed by atoms with E-state index in [1.807, 2.05) is 11.1 Å². The molecule has 1 heterocycles. The van der Waals surface area contributed by atoms with Crippen LogP contribution in [0.2, 0.25) is 8.45 Å². The Hall–Kier alpha value is -2.35. The van der Waals surface area contributed by atoms with Gasteiger partial charge < -0.3 is 24.8 Å². The summed E-state index contributed by atoms with van der Waals surface area (Å²) in [7, 11) is 0. The summed E-state index contributed by atoms with van der Waals surface area (Å²) >= 11 is -2.75. The summed E-state index contributed by atoms with van der Waals surface area (Å²) in [4.78, 5) is 0. The molecule has 0 bridgehead atoms. The second-order valence-electron chi connectivity index (χ2n) is 17.3. The number of hydrogen-bond acceptors (Lipinski definition) is 0. The van der Waals surface area contributed by atoms with Gasteiger partial charge in [0.25, 0.3) is 0 Å². The summed E-state index contributed by atoms with van der Waals surface area (Å²) in [5.41, 5.74) is 19.3. The maximum atomic E-state index is 2.83. The maximum Gasteiger partial charge on any atom is -1.00 e. The third kappa shape index (κ3) is 6.04. The quantitative estimate of drug-likeness (QED) is 0.158. The predicted molar refractivity (Wildman–Crippen MR) is 214 cm³/mol. The average Bonchev–Trinajstić information content (AvgIpc) is 3.86. The molecule has 53 heavy (non-hydrogen) atoms. The first-order valence-electron chi connectivity index (χ1n) is 21.1. The Kier molecular flexibility index (Phi) is 10.8. The summed E-state index contributed by atoms with van der Waals surface area (Å²) in [6.45, 7) is 4.55. The van der Waals surface area contributed by atoms with Crippen LogP contribution in [-0.4, -0.2) is 0 Å². The molecular weight excluding hydrogens is 719 g/mol. The van der Waals surface area contributed by atoms with Crippen LogP contribution in [0.4, 0.5) is 0 Å². The molecule has 3 heteroatoms. The second kappa shape index (κ2) is 15.3. The molecule has 0 amide bonds. The zero-order valence-electron chi connectivity index (χ0n) is 31.9. The summed E-state index contributed by atoms with van der Waals surface area (Å²) in [6.07, 6.45) is 25.1. The second-order valence-corrected chi connectivity index (χ2v) is 24.6. The van der Waals surface area contributed by atoms with Crippen LogP contribution in [0.3, 0.4) is 0 Å². The van der Waals surface area contributed by atoms with Crippen LogP contribution in [0.15, 0.2) is 96.1 Å². The zero-order chi connectivity index (χ0) is 34.1. The molecular formula is C50H56Cl2Ti. The van der Waals surface area contributed by atoms with Gasteiger partial charge in [0.05, 0.1) is 0 Å². The Morgan fingerprint density at radius 2 is 0.849 bits per heavy atom. The minimum atomic E-state index is -2.75. The van der Waals surface area contributed by atoms with E-state index in [0.29, 0.717) is 0 Å². The molecule has 4 atom stereocenters. The third-order valence-electron chi connectivity index (χ3n) is 15.1. The minimum Gasteiger partial charge on any atom is -1.00 e. The molecule has 4 aromatic rings. The van der Waals surface area contributed by atoms with E-state index in [4.69, 9.17) is 0 Å². The first-order chi connectivity index (χ1) is 25.2. The Labute approximate surface area is 335 Å². The SMILES string of the molecule is CCc1ccc(-c2cccc3c2C=C(C2CCCC2)[CH]3[Ti+2]2([CH]3C(C4CCCC4)=Cc4c(-c5ccc(CC)cc5)cccc43)[CH]3CCCC[CH]32)cc1.[Cl-].[Cl-]. The fourth-order valence-corrected chi connectivity index (χ4v) is 27.0. The van der Waals surface area contributed by atoms with E-state index >= 15 is 0 Å². The summed E-state index contributed by atoms with van der Waals surface area (Å²) < 4.78 is 3.47. The Balaban J connectivity index is 0.00000200. The van der Waals surface area contributed by atoms with Crippen molar-refractivity contribution in [2.75, 3.05) is 0 Å². The van der Waals surface area contributed by atoms with Crippen molar-refractivity contribution in [1.82, 2.24) is 0 Å². The molecule has 0 spiro atoms. The molecule has 4 aromatic carbocycles. The topological polar surface area (TPSA) is 0 Å². The smallest absolute Gasteiger partial charge is 1.00 e. The number of halogens is 2. The normalized spacial score (nSPS) is 26.1. The van der Waals surface area contributed by atoms with E-state index in [-0.39, 0.29) is 24.8 Å². The fourth-order valence-electron chi connectivity index (χ4n) is 12.8. The van der Waals surface area contributed by atoms with E-state index < -0.39 is 16.6 Å². The Morgan fingerprint density at radius 1 is 0.472 bits per heavy atom. The van der Waals surface area contributed by atoms with Gasteiger partial charge in [0.15, 0.2) is 0 Å². The van der Waals surface area contributed by atoms with Gasteiger partial charge in [0.2, 0.25) is 0 Å². The van der Waals surface area contributed by atoms with Crippen LogP contribution < -0.4 is 24.8 Å². The van der Waals surface area contributed by atoms with Gasteiger partial charge in [0, 0.05) is 0 Å². The standard InChI is InChI=1S/2C22H23.C6H10.2ClH.Ti/c2*1-2-16-10-12-18(13-11-16)21-9-5-8-19-14-20(15-22(19)21)17-6-3-4-7-17;1-2-4-6-5-3-1;;;/h2*5,8-15,17H,2-4,6-7H2,1H3;1-2H,3-6H2;2*1H;/q;;;;;+2/p-2. The van der Waals surface area contributed by atoms with Crippen LogP contribution in [-0.2, 0) is 29.4 Å². The van der Waals surface area contributed by atoms with E-state index in [1.165, 1.54) is 110 Å².